The van der Waals surface area contributed by atoms with Crippen molar-refractivity contribution in [1.29, 1.82) is 0 Å². The molecule has 2 aromatic rings. The van der Waals surface area contributed by atoms with E-state index in [0.717, 1.165) is 27.5 Å². The molecule has 1 unspecified atom stereocenters. The predicted molar refractivity (Wildman–Crippen MR) is 83.5 cm³/mol. The Morgan fingerprint density at radius 3 is 2.74 bits per heavy atom. The maximum Gasteiger partial charge on any atom is 0.128 e. The van der Waals surface area contributed by atoms with Gasteiger partial charge in [0.05, 0.1) is 8.93 Å². The molecule has 5 heteroatoms. The van der Waals surface area contributed by atoms with Crippen LogP contribution in [-0.2, 0) is 0 Å². The van der Waals surface area contributed by atoms with Crippen molar-refractivity contribution in [3.05, 3.63) is 55.3 Å². The first-order chi connectivity index (χ1) is 9.11. The average Bonchev–Trinajstić information content (AvgIpc) is 2.80. The van der Waals surface area contributed by atoms with Crippen molar-refractivity contribution in [3.8, 4) is 0 Å². The summed E-state index contributed by atoms with van der Waals surface area (Å²) in [5, 5.41) is 5.27. The van der Waals surface area contributed by atoms with E-state index in [0.29, 0.717) is 5.56 Å². The summed E-state index contributed by atoms with van der Waals surface area (Å²) in [4.78, 5) is 0. The zero-order chi connectivity index (χ0) is 13.8. The van der Waals surface area contributed by atoms with Gasteiger partial charge in [-0.05, 0) is 70.8 Å². The SMILES string of the molecule is CCCNC(c1csc(I)c1)c1cc(F)ccc1F. The molecule has 19 heavy (non-hydrogen) atoms. The molecule has 0 aliphatic heterocycles. The zero-order valence-electron chi connectivity index (χ0n) is 10.4. The minimum atomic E-state index is -0.412. The van der Waals surface area contributed by atoms with Crippen LogP contribution in [0.5, 0.6) is 0 Å². The molecule has 0 bridgehead atoms. The number of nitrogens with one attached hydrogen (secondary N) is 1. The fourth-order valence-electron chi connectivity index (χ4n) is 1.91. The molecule has 1 aromatic carbocycles. The average molecular weight is 393 g/mol. The largest absolute Gasteiger partial charge is 0.306 e. The fraction of sp³-hybridized carbons (Fsp3) is 0.286. The molecule has 0 aliphatic rings. The van der Waals surface area contributed by atoms with Crippen molar-refractivity contribution in [2.75, 3.05) is 6.54 Å². The van der Waals surface area contributed by atoms with E-state index < -0.39 is 5.82 Å². The fourth-order valence-corrected chi connectivity index (χ4v) is 3.30. The van der Waals surface area contributed by atoms with Gasteiger partial charge >= 0.3 is 0 Å². The summed E-state index contributed by atoms with van der Waals surface area (Å²) >= 11 is 3.83. The van der Waals surface area contributed by atoms with Crippen LogP contribution in [0, 0.1) is 14.5 Å². The summed E-state index contributed by atoms with van der Waals surface area (Å²) in [6.45, 7) is 2.80. The molecule has 0 saturated carbocycles. The molecule has 0 aliphatic carbocycles. The number of rotatable bonds is 5. The first kappa shape index (κ1) is 14.9. The highest BCUT2D eigenvalue weighted by Crippen LogP contribution is 2.29. The molecule has 0 amide bonds. The summed E-state index contributed by atoms with van der Waals surface area (Å²) in [5.74, 6) is -0.791. The predicted octanol–water partition coefficient (Wildman–Crippen LogP) is 4.72. The van der Waals surface area contributed by atoms with Gasteiger partial charge in [0.2, 0.25) is 0 Å². The van der Waals surface area contributed by atoms with Crippen molar-refractivity contribution in [2.45, 2.75) is 19.4 Å². The van der Waals surface area contributed by atoms with Crippen LogP contribution in [0.4, 0.5) is 8.78 Å². The molecule has 0 spiro atoms. The van der Waals surface area contributed by atoms with Crippen molar-refractivity contribution in [1.82, 2.24) is 5.32 Å². The van der Waals surface area contributed by atoms with Crippen LogP contribution >= 0.6 is 33.9 Å². The van der Waals surface area contributed by atoms with E-state index in [9.17, 15) is 8.78 Å². The minimum Gasteiger partial charge on any atom is -0.306 e. The molecule has 1 aromatic heterocycles. The molecular formula is C14H14F2INS. The Bertz CT molecular complexity index is 556. The van der Waals surface area contributed by atoms with E-state index in [-0.39, 0.29) is 11.9 Å². The topological polar surface area (TPSA) is 12.0 Å². The lowest BCUT2D eigenvalue weighted by Crippen LogP contribution is -2.23. The van der Waals surface area contributed by atoms with Gasteiger partial charge in [-0.15, -0.1) is 11.3 Å². The van der Waals surface area contributed by atoms with Crippen LogP contribution in [0.15, 0.2) is 29.6 Å². The zero-order valence-corrected chi connectivity index (χ0v) is 13.4. The first-order valence-electron chi connectivity index (χ1n) is 6.04. The highest BCUT2D eigenvalue weighted by Gasteiger charge is 2.19. The van der Waals surface area contributed by atoms with Gasteiger partial charge in [0.25, 0.3) is 0 Å². The molecule has 1 nitrogen and oxygen atoms in total. The third-order valence-electron chi connectivity index (χ3n) is 2.79. The van der Waals surface area contributed by atoms with E-state index >= 15 is 0 Å². The third kappa shape index (κ3) is 3.73. The maximum absolute atomic E-state index is 13.9. The van der Waals surface area contributed by atoms with E-state index in [4.69, 9.17) is 0 Å². The molecular weight excluding hydrogens is 379 g/mol. The molecule has 102 valence electrons. The van der Waals surface area contributed by atoms with Crippen molar-refractivity contribution < 1.29 is 8.78 Å². The Labute approximate surface area is 129 Å². The summed E-state index contributed by atoms with van der Waals surface area (Å²) in [7, 11) is 0. The lowest BCUT2D eigenvalue weighted by atomic mass is 10.0. The number of hydrogen-bond acceptors (Lipinski definition) is 2. The monoisotopic (exact) mass is 393 g/mol. The van der Waals surface area contributed by atoms with Crippen LogP contribution in [-0.4, -0.2) is 6.54 Å². The van der Waals surface area contributed by atoms with E-state index in [1.165, 1.54) is 12.1 Å². The highest BCUT2D eigenvalue weighted by atomic mass is 127. The van der Waals surface area contributed by atoms with Gasteiger partial charge in [0.15, 0.2) is 0 Å². The lowest BCUT2D eigenvalue weighted by molar-refractivity contribution is 0.536. The third-order valence-corrected chi connectivity index (χ3v) is 4.60. The summed E-state index contributed by atoms with van der Waals surface area (Å²) in [6.07, 6.45) is 0.939. The van der Waals surface area contributed by atoms with Crippen LogP contribution in [0.1, 0.15) is 30.5 Å². The molecule has 2 rings (SSSR count). The van der Waals surface area contributed by atoms with Crippen LogP contribution < -0.4 is 5.32 Å². The summed E-state index contributed by atoms with van der Waals surface area (Å²) < 4.78 is 28.4. The quantitative estimate of drug-likeness (QED) is 0.725. The molecule has 1 heterocycles. The van der Waals surface area contributed by atoms with Gasteiger partial charge in [-0.3, -0.25) is 0 Å². The van der Waals surface area contributed by atoms with E-state index in [1.807, 2.05) is 18.4 Å². The van der Waals surface area contributed by atoms with Crippen molar-refractivity contribution >= 4 is 33.9 Å². The Kier molecular flexibility index (Phi) is 5.29. The highest BCUT2D eigenvalue weighted by molar-refractivity contribution is 14.1. The van der Waals surface area contributed by atoms with E-state index in [2.05, 4.69) is 27.9 Å². The number of thiophene rings is 1. The number of benzene rings is 1. The summed E-state index contributed by atoms with van der Waals surface area (Å²) in [5.41, 5.74) is 1.34. The summed E-state index contributed by atoms with van der Waals surface area (Å²) in [6, 6.07) is 5.31. The first-order valence-corrected chi connectivity index (χ1v) is 8.00. The van der Waals surface area contributed by atoms with Crippen LogP contribution in [0.3, 0.4) is 0 Å². The second kappa shape index (κ2) is 6.76. The lowest BCUT2D eigenvalue weighted by Gasteiger charge is -2.18. The Morgan fingerprint density at radius 1 is 1.32 bits per heavy atom. The van der Waals surface area contributed by atoms with Gasteiger partial charge in [-0.25, -0.2) is 8.78 Å². The van der Waals surface area contributed by atoms with Gasteiger partial charge in [0.1, 0.15) is 11.6 Å². The minimum absolute atomic E-state index is 0.296. The second-order valence-corrected chi connectivity index (χ2v) is 7.04. The number of halogens is 3. The standard InChI is InChI=1S/C14H14F2INS/c1-2-5-18-14(9-6-13(17)19-8-9)11-7-10(15)3-4-12(11)16/h3-4,6-8,14,18H,2,5H2,1H3. The normalized spacial score (nSPS) is 12.6. The molecule has 0 saturated heterocycles. The van der Waals surface area contributed by atoms with Crippen LogP contribution in [0.2, 0.25) is 0 Å². The van der Waals surface area contributed by atoms with E-state index in [1.54, 1.807) is 11.3 Å². The molecule has 0 fully saturated rings. The smallest absolute Gasteiger partial charge is 0.128 e. The Morgan fingerprint density at radius 2 is 2.11 bits per heavy atom. The van der Waals surface area contributed by atoms with Gasteiger partial charge < -0.3 is 5.32 Å². The second-order valence-electron chi connectivity index (χ2n) is 4.24. The molecule has 0 radical (unpaired) electrons. The Balaban J connectivity index is 2.39. The maximum atomic E-state index is 13.9. The van der Waals surface area contributed by atoms with Crippen molar-refractivity contribution in [2.24, 2.45) is 0 Å². The Hall–Kier alpha value is -0.530. The van der Waals surface area contributed by atoms with Gasteiger partial charge in [-0.1, -0.05) is 6.92 Å². The van der Waals surface area contributed by atoms with Gasteiger partial charge in [-0.2, -0.15) is 0 Å². The van der Waals surface area contributed by atoms with Crippen LogP contribution in [0.25, 0.3) is 0 Å². The van der Waals surface area contributed by atoms with Gasteiger partial charge in [0, 0.05) is 5.56 Å². The van der Waals surface area contributed by atoms with Crippen molar-refractivity contribution in [3.63, 3.8) is 0 Å². The molecule has 1 N–H and O–H groups in total. The number of hydrogen-bond donors (Lipinski definition) is 1. The molecule has 1 atom stereocenters.